The van der Waals surface area contributed by atoms with Crippen molar-refractivity contribution in [3.8, 4) is 0 Å². The lowest BCUT2D eigenvalue weighted by Gasteiger charge is -2.07. The molecule has 0 spiro atoms. The first kappa shape index (κ1) is 14.7. The molecule has 2 rings (SSSR count). The standard InChI is InChI=1S/C13H10Br2FNOS/c14-9-1-2-12(17)13(6-9)19(18)7-8-3-10(15)5-11(16)4-8/h1-6H,7,17H2. The van der Waals surface area contributed by atoms with E-state index in [-0.39, 0.29) is 11.6 Å². The zero-order chi connectivity index (χ0) is 14.0. The van der Waals surface area contributed by atoms with Gasteiger partial charge in [-0.05, 0) is 42.0 Å². The van der Waals surface area contributed by atoms with E-state index in [1.807, 2.05) is 0 Å². The summed E-state index contributed by atoms with van der Waals surface area (Å²) in [7, 11) is -1.32. The topological polar surface area (TPSA) is 43.1 Å². The number of benzene rings is 2. The molecule has 100 valence electrons. The molecule has 6 heteroatoms. The number of nitrogens with two attached hydrogens (primary N) is 1. The number of rotatable bonds is 3. The zero-order valence-electron chi connectivity index (χ0n) is 9.70. The Kier molecular flexibility index (Phi) is 4.76. The van der Waals surface area contributed by atoms with Gasteiger partial charge in [-0.3, -0.25) is 4.21 Å². The van der Waals surface area contributed by atoms with Crippen molar-refractivity contribution in [3.63, 3.8) is 0 Å². The first-order valence-corrected chi connectivity index (χ1v) is 8.24. The lowest BCUT2D eigenvalue weighted by atomic mass is 10.2. The number of hydrogen-bond acceptors (Lipinski definition) is 2. The van der Waals surface area contributed by atoms with Crippen molar-refractivity contribution in [1.29, 1.82) is 0 Å². The third-order valence-corrected chi connectivity index (χ3v) is 4.83. The summed E-state index contributed by atoms with van der Waals surface area (Å²) in [5.41, 5.74) is 6.93. The van der Waals surface area contributed by atoms with E-state index in [1.165, 1.54) is 12.1 Å². The molecule has 0 heterocycles. The van der Waals surface area contributed by atoms with Gasteiger partial charge in [0.25, 0.3) is 0 Å². The fraction of sp³-hybridized carbons (Fsp3) is 0.0769. The molecular weight excluding hydrogens is 397 g/mol. The maximum atomic E-state index is 13.3. The number of anilines is 1. The fourth-order valence-electron chi connectivity index (χ4n) is 1.63. The Morgan fingerprint density at radius 3 is 2.53 bits per heavy atom. The Morgan fingerprint density at radius 1 is 1.11 bits per heavy atom. The summed E-state index contributed by atoms with van der Waals surface area (Å²) >= 11 is 6.53. The summed E-state index contributed by atoms with van der Waals surface area (Å²) in [6, 6.07) is 9.68. The van der Waals surface area contributed by atoms with E-state index in [0.717, 1.165) is 4.47 Å². The predicted octanol–water partition coefficient (Wildman–Crippen LogP) is 4.24. The molecule has 2 aromatic rings. The van der Waals surface area contributed by atoms with E-state index >= 15 is 0 Å². The Bertz CT molecular complexity index is 628. The molecule has 0 saturated carbocycles. The SMILES string of the molecule is Nc1ccc(Br)cc1S(=O)Cc1cc(F)cc(Br)c1. The van der Waals surface area contributed by atoms with Crippen LogP contribution in [0.3, 0.4) is 0 Å². The van der Waals surface area contributed by atoms with Crippen LogP contribution in [0.15, 0.2) is 50.2 Å². The molecule has 2 N–H and O–H groups in total. The number of nitrogen functional groups attached to an aromatic ring is 1. The Labute approximate surface area is 129 Å². The van der Waals surface area contributed by atoms with E-state index in [2.05, 4.69) is 31.9 Å². The van der Waals surface area contributed by atoms with Crippen LogP contribution in [0.4, 0.5) is 10.1 Å². The highest BCUT2D eigenvalue weighted by Gasteiger charge is 2.10. The smallest absolute Gasteiger partial charge is 0.124 e. The van der Waals surface area contributed by atoms with Crippen LogP contribution in [-0.2, 0) is 16.6 Å². The molecule has 2 aromatic carbocycles. The van der Waals surface area contributed by atoms with Crippen LogP contribution in [-0.4, -0.2) is 4.21 Å². The minimum atomic E-state index is -1.32. The largest absolute Gasteiger partial charge is 0.398 e. The second kappa shape index (κ2) is 6.15. The van der Waals surface area contributed by atoms with Gasteiger partial charge in [-0.2, -0.15) is 0 Å². The van der Waals surface area contributed by atoms with Gasteiger partial charge in [0, 0.05) is 14.6 Å². The Hall–Kier alpha value is -0.720. The molecule has 0 fully saturated rings. The maximum absolute atomic E-state index is 13.3. The molecule has 0 radical (unpaired) electrons. The van der Waals surface area contributed by atoms with E-state index < -0.39 is 10.8 Å². The minimum Gasteiger partial charge on any atom is -0.398 e. The second-order valence-electron chi connectivity index (χ2n) is 3.95. The third-order valence-electron chi connectivity index (χ3n) is 2.44. The summed E-state index contributed by atoms with van der Waals surface area (Å²) in [4.78, 5) is 0.551. The van der Waals surface area contributed by atoms with Crippen LogP contribution in [0.1, 0.15) is 5.56 Å². The summed E-state index contributed by atoms with van der Waals surface area (Å²) in [6.07, 6.45) is 0. The first-order valence-electron chi connectivity index (χ1n) is 5.34. The van der Waals surface area contributed by atoms with Gasteiger partial charge >= 0.3 is 0 Å². The van der Waals surface area contributed by atoms with Gasteiger partial charge in [0.05, 0.1) is 21.4 Å². The lowest BCUT2D eigenvalue weighted by Crippen LogP contribution is -2.01. The average molecular weight is 407 g/mol. The van der Waals surface area contributed by atoms with Gasteiger partial charge < -0.3 is 5.73 Å². The van der Waals surface area contributed by atoms with Crippen LogP contribution >= 0.6 is 31.9 Å². The van der Waals surface area contributed by atoms with Crippen LogP contribution in [0.5, 0.6) is 0 Å². The Morgan fingerprint density at radius 2 is 1.84 bits per heavy atom. The van der Waals surface area contributed by atoms with Crippen LogP contribution in [0.2, 0.25) is 0 Å². The van der Waals surface area contributed by atoms with Crippen molar-refractivity contribution in [2.24, 2.45) is 0 Å². The van der Waals surface area contributed by atoms with Gasteiger partial charge in [-0.1, -0.05) is 31.9 Å². The maximum Gasteiger partial charge on any atom is 0.124 e. The van der Waals surface area contributed by atoms with Gasteiger partial charge in [-0.25, -0.2) is 4.39 Å². The summed E-state index contributed by atoms with van der Waals surface area (Å²) in [5, 5.41) is 0. The van der Waals surface area contributed by atoms with Gasteiger partial charge in [0.1, 0.15) is 5.82 Å². The molecule has 0 aliphatic carbocycles. The van der Waals surface area contributed by atoms with Crippen LogP contribution in [0.25, 0.3) is 0 Å². The van der Waals surface area contributed by atoms with Crippen molar-refractivity contribution in [2.45, 2.75) is 10.6 Å². The molecule has 1 atom stereocenters. The molecule has 1 unspecified atom stereocenters. The van der Waals surface area contributed by atoms with Crippen molar-refractivity contribution in [2.75, 3.05) is 5.73 Å². The number of halogens is 3. The van der Waals surface area contributed by atoms with E-state index in [1.54, 1.807) is 24.3 Å². The summed E-state index contributed by atoms with van der Waals surface area (Å²) < 4.78 is 27.0. The molecule has 0 aromatic heterocycles. The first-order chi connectivity index (χ1) is 8.95. The van der Waals surface area contributed by atoms with Gasteiger partial charge in [0.15, 0.2) is 0 Å². The fourth-order valence-corrected chi connectivity index (χ4v) is 3.87. The molecule has 0 aliphatic heterocycles. The number of hydrogen-bond donors (Lipinski definition) is 1. The highest BCUT2D eigenvalue weighted by Crippen LogP contribution is 2.24. The average Bonchev–Trinajstić information content (AvgIpc) is 2.30. The molecule has 0 saturated heterocycles. The lowest BCUT2D eigenvalue weighted by molar-refractivity contribution is 0.625. The quantitative estimate of drug-likeness (QED) is 0.774. The van der Waals surface area contributed by atoms with Gasteiger partial charge in [0.2, 0.25) is 0 Å². The molecule has 0 amide bonds. The van der Waals surface area contributed by atoms with Crippen molar-refractivity contribution < 1.29 is 8.60 Å². The summed E-state index contributed by atoms with van der Waals surface area (Å²) in [6.45, 7) is 0. The van der Waals surface area contributed by atoms with Gasteiger partial charge in [-0.15, -0.1) is 0 Å². The Balaban J connectivity index is 2.28. The van der Waals surface area contributed by atoms with Crippen molar-refractivity contribution in [1.82, 2.24) is 0 Å². The monoisotopic (exact) mass is 405 g/mol. The summed E-state index contributed by atoms with van der Waals surface area (Å²) in [5.74, 6) is -0.139. The molecular formula is C13H10Br2FNOS. The molecule has 0 bridgehead atoms. The molecule has 19 heavy (non-hydrogen) atoms. The van der Waals surface area contributed by atoms with E-state index in [0.29, 0.717) is 20.6 Å². The third kappa shape index (κ3) is 3.87. The molecule has 0 aliphatic rings. The van der Waals surface area contributed by atoms with Crippen molar-refractivity contribution in [3.05, 3.63) is 56.7 Å². The highest BCUT2D eigenvalue weighted by molar-refractivity contribution is 9.10. The van der Waals surface area contributed by atoms with E-state index in [9.17, 15) is 8.60 Å². The highest BCUT2D eigenvalue weighted by atomic mass is 79.9. The van der Waals surface area contributed by atoms with Crippen LogP contribution < -0.4 is 5.73 Å². The second-order valence-corrected chi connectivity index (χ2v) is 7.20. The molecule has 2 nitrogen and oxygen atoms in total. The predicted molar refractivity (Wildman–Crippen MR) is 82.8 cm³/mol. The zero-order valence-corrected chi connectivity index (χ0v) is 13.7. The van der Waals surface area contributed by atoms with Crippen molar-refractivity contribution >= 4 is 48.3 Å². The normalized spacial score (nSPS) is 12.4. The van der Waals surface area contributed by atoms with Crippen LogP contribution in [0, 0.1) is 5.82 Å². The van der Waals surface area contributed by atoms with E-state index in [4.69, 9.17) is 5.73 Å². The minimum absolute atomic E-state index is 0.219.